The van der Waals surface area contributed by atoms with Crippen molar-refractivity contribution in [1.82, 2.24) is 9.78 Å². The Labute approximate surface area is 114 Å². The zero-order chi connectivity index (χ0) is 12.3. The van der Waals surface area contributed by atoms with Gasteiger partial charge in [0.05, 0.1) is 17.3 Å². The second kappa shape index (κ2) is 6.20. The summed E-state index contributed by atoms with van der Waals surface area (Å²) in [5.74, 6) is 0.0492. The van der Waals surface area contributed by atoms with Crippen molar-refractivity contribution in [3.63, 3.8) is 0 Å². The Morgan fingerprint density at radius 2 is 2.22 bits per heavy atom. The summed E-state index contributed by atoms with van der Waals surface area (Å²) in [6.45, 7) is 3.25. The first kappa shape index (κ1) is 15.0. The number of nitrogens with two attached hydrogens (primary N) is 1. The molecule has 0 bridgehead atoms. The number of halogens is 1. The monoisotopic (exact) mass is 272 g/mol. The molecular formula is C12H21ClN4O. The lowest BCUT2D eigenvalue weighted by Crippen LogP contribution is -2.40. The van der Waals surface area contributed by atoms with Crippen LogP contribution in [0.1, 0.15) is 32.6 Å². The van der Waals surface area contributed by atoms with Crippen LogP contribution in [0.3, 0.4) is 0 Å². The van der Waals surface area contributed by atoms with Crippen LogP contribution in [0.4, 0.5) is 5.69 Å². The number of amides is 1. The molecule has 1 aliphatic rings. The molecule has 0 atom stereocenters. The fourth-order valence-corrected chi connectivity index (χ4v) is 2.44. The standard InChI is InChI=1S/C12H20N4O.ClH/c1-2-16-8-10(7-14-16)15-11(17)12(9-13)5-3-4-6-12;/h7-8H,2-6,9,13H2,1H3,(H,15,17);1H. The van der Waals surface area contributed by atoms with E-state index < -0.39 is 0 Å². The Balaban J connectivity index is 0.00000162. The van der Waals surface area contributed by atoms with Crippen molar-refractivity contribution >= 4 is 24.0 Å². The molecule has 3 N–H and O–H groups in total. The molecule has 5 nitrogen and oxygen atoms in total. The van der Waals surface area contributed by atoms with E-state index in [0.29, 0.717) is 6.54 Å². The van der Waals surface area contributed by atoms with Crippen molar-refractivity contribution < 1.29 is 4.79 Å². The molecule has 0 saturated heterocycles. The van der Waals surface area contributed by atoms with Crippen molar-refractivity contribution in [3.05, 3.63) is 12.4 Å². The van der Waals surface area contributed by atoms with Crippen molar-refractivity contribution in [2.45, 2.75) is 39.2 Å². The van der Waals surface area contributed by atoms with Gasteiger partial charge in [-0.3, -0.25) is 9.48 Å². The van der Waals surface area contributed by atoms with Crippen LogP contribution in [0, 0.1) is 5.41 Å². The van der Waals surface area contributed by atoms with Crippen LogP contribution in [0.5, 0.6) is 0 Å². The molecule has 1 aliphatic carbocycles. The summed E-state index contributed by atoms with van der Waals surface area (Å²) in [7, 11) is 0. The number of anilines is 1. The summed E-state index contributed by atoms with van der Waals surface area (Å²) in [6, 6.07) is 0. The van der Waals surface area contributed by atoms with Crippen LogP contribution < -0.4 is 11.1 Å². The molecule has 102 valence electrons. The van der Waals surface area contributed by atoms with Gasteiger partial charge in [0.1, 0.15) is 0 Å². The number of carbonyl (C=O) groups is 1. The minimum atomic E-state index is -0.353. The van der Waals surface area contributed by atoms with Crippen LogP contribution in [0.25, 0.3) is 0 Å². The van der Waals surface area contributed by atoms with Gasteiger partial charge in [0.2, 0.25) is 5.91 Å². The Bertz CT molecular complexity index is 399. The van der Waals surface area contributed by atoms with Gasteiger partial charge in [0, 0.05) is 19.3 Å². The third kappa shape index (κ3) is 2.84. The maximum absolute atomic E-state index is 12.2. The highest BCUT2D eigenvalue weighted by Gasteiger charge is 2.39. The van der Waals surface area contributed by atoms with Gasteiger partial charge in [-0.25, -0.2) is 0 Å². The van der Waals surface area contributed by atoms with Gasteiger partial charge < -0.3 is 11.1 Å². The van der Waals surface area contributed by atoms with E-state index in [-0.39, 0.29) is 23.7 Å². The number of rotatable bonds is 4. The second-order valence-corrected chi connectivity index (χ2v) is 4.73. The number of hydrogen-bond donors (Lipinski definition) is 2. The molecule has 1 aromatic heterocycles. The van der Waals surface area contributed by atoms with E-state index in [9.17, 15) is 4.79 Å². The zero-order valence-electron chi connectivity index (χ0n) is 10.7. The molecule has 2 rings (SSSR count). The van der Waals surface area contributed by atoms with E-state index >= 15 is 0 Å². The predicted octanol–water partition coefficient (Wildman–Crippen LogP) is 1.78. The van der Waals surface area contributed by atoms with E-state index in [4.69, 9.17) is 5.73 Å². The predicted molar refractivity (Wildman–Crippen MR) is 73.7 cm³/mol. The Kier molecular flexibility index (Phi) is 5.16. The van der Waals surface area contributed by atoms with Crippen molar-refractivity contribution in [3.8, 4) is 0 Å². The smallest absolute Gasteiger partial charge is 0.231 e. The summed E-state index contributed by atoms with van der Waals surface area (Å²) in [5, 5.41) is 7.06. The molecular weight excluding hydrogens is 252 g/mol. The van der Waals surface area contributed by atoms with Gasteiger partial charge in [-0.15, -0.1) is 12.4 Å². The quantitative estimate of drug-likeness (QED) is 0.878. The van der Waals surface area contributed by atoms with Crippen LogP contribution in [0.2, 0.25) is 0 Å². The Hall–Kier alpha value is -1.07. The first-order chi connectivity index (χ1) is 8.20. The minimum absolute atomic E-state index is 0. The molecule has 0 aromatic carbocycles. The summed E-state index contributed by atoms with van der Waals surface area (Å²) >= 11 is 0. The Morgan fingerprint density at radius 3 is 2.72 bits per heavy atom. The largest absolute Gasteiger partial charge is 0.329 e. The molecule has 0 radical (unpaired) electrons. The third-order valence-electron chi connectivity index (χ3n) is 3.65. The normalized spacial score (nSPS) is 17.2. The summed E-state index contributed by atoms with van der Waals surface area (Å²) < 4.78 is 1.79. The summed E-state index contributed by atoms with van der Waals surface area (Å²) in [4.78, 5) is 12.2. The SMILES string of the molecule is CCn1cc(NC(=O)C2(CN)CCCC2)cn1.Cl. The van der Waals surface area contributed by atoms with Gasteiger partial charge in [0.15, 0.2) is 0 Å². The molecule has 18 heavy (non-hydrogen) atoms. The highest BCUT2D eigenvalue weighted by atomic mass is 35.5. The second-order valence-electron chi connectivity index (χ2n) is 4.73. The van der Waals surface area contributed by atoms with E-state index in [2.05, 4.69) is 10.4 Å². The number of hydrogen-bond acceptors (Lipinski definition) is 3. The van der Waals surface area contributed by atoms with Crippen molar-refractivity contribution in [1.29, 1.82) is 0 Å². The van der Waals surface area contributed by atoms with Crippen LogP contribution in [-0.4, -0.2) is 22.2 Å². The Morgan fingerprint density at radius 1 is 1.56 bits per heavy atom. The maximum atomic E-state index is 12.2. The molecule has 1 heterocycles. The first-order valence-corrected chi connectivity index (χ1v) is 6.24. The van der Waals surface area contributed by atoms with Gasteiger partial charge in [-0.05, 0) is 19.8 Å². The van der Waals surface area contributed by atoms with Gasteiger partial charge in [0.25, 0.3) is 0 Å². The molecule has 1 amide bonds. The minimum Gasteiger partial charge on any atom is -0.329 e. The number of carbonyl (C=O) groups excluding carboxylic acids is 1. The first-order valence-electron chi connectivity index (χ1n) is 6.24. The lowest BCUT2D eigenvalue weighted by molar-refractivity contribution is -0.124. The topological polar surface area (TPSA) is 72.9 Å². The summed E-state index contributed by atoms with van der Waals surface area (Å²) in [6.07, 6.45) is 7.52. The van der Waals surface area contributed by atoms with Crippen LogP contribution in [-0.2, 0) is 11.3 Å². The molecule has 1 aromatic rings. The van der Waals surface area contributed by atoms with E-state index in [1.807, 2.05) is 13.1 Å². The average molecular weight is 273 g/mol. The molecule has 0 unspecified atom stereocenters. The molecule has 0 spiro atoms. The fraction of sp³-hybridized carbons (Fsp3) is 0.667. The number of aromatic nitrogens is 2. The van der Waals surface area contributed by atoms with Crippen molar-refractivity contribution in [2.24, 2.45) is 11.1 Å². The lowest BCUT2D eigenvalue weighted by Gasteiger charge is -2.25. The van der Waals surface area contributed by atoms with Crippen LogP contribution >= 0.6 is 12.4 Å². The number of nitrogens with one attached hydrogen (secondary N) is 1. The van der Waals surface area contributed by atoms with Crippen molar-refractivity contribution in [2.75, 3.05) is 11.9 Å². The number of nitrogens with zero attached hydrogens (tertiary/aromatic N) is 2. The van der Waals surface area contributed by atoms with Crippen LogP contribution in [0.15, 0.2) is 12.4 Å². The lowest BCUT2D eigenvalue weighted by atomic mass is 9.85. The van der Waals surface area contributed by atoms with E-state index in [1.54, 1.807) is 10.9 Å². The zero-order valence-corrected chi connectivity index (χ0v) is 11.5. The molecule has 1 saturated carbocycles. The number of aryl methyl sites for hydroxylation is 1. The highest BCUT2D eigenvalue weighted by molar-refractivity contribution is 5.95. The third-order valence-corrected chi connectivity index (χ3v) is 3.65. The molecule has 1 fully saturated rings. The highest BCUT2D eigenvalue weighted by Crippen LogP contribution is 2.38. The molecule has 6 heteroatoms. The average Bonchev–Trinajstić information content (AvgIpc) is 2.97. The molecule has 0 aliphatic heterocycles. The van der Waals surface area contributed by atoms with Gasteiger partial charge >= 0.3 is 0 Å². The van der Waals surface area contributed by atoms with E-state index in [1.165, 1.54) is 0 Å². The fourth-order valence-electron chi connectivity index (χ4n) is 2.44. The van der Waals surface area contributed by atoms with Gasteiger partial charge in [-0.2, -0.15) is 5.10 Å². The van der Waals surface area contributed by atoms with Gasteiger partial charge in [-0.1, -0.05) is 12.8 Å². The van der Waals surface area contributed by atoms with E-state index in [0.717, 1.165) is 37.9 Å². The summed E-state index contributed by atoms with van der Waals surface area (Å²) in [5.41, 5.74) is 6.18. The maximum Gasteiger partial charge on any atom is 0.231 e.